The summed E-state index contributed by atoms with van der Waals surface area (Å²) in [4.78, 5) is 15.4. The summed E-state index contributed by atoms with van der Waals surface area (Å²) in [5, 5.41) is 0.108. The van der Waals surface area contributed by atoms with Gasteiger partial charge in [-0.3, -0.25) is 0 Å². The van der Waals surface area contributed by atoms with Gasteiger partial charge in [0.15, 0.2) is 0 Å². The molecule has 0 atom stereocenters. The SMILES string of the molecule is CCOC(=O)c1nc(-c2c(F)cccc2Cl)oc1N. The Balaban J connectivity index is 2.48. The van der Waals surface area contributed by atoms with Crippen molar-refractivity contribution in [1.29, 1.82) is 0 Å². The third kappa shape index (κ3) is 2.53. The Morgan fingerprint density at radius 2 is 2.32 bits per heavy atom. The molecule has 5 nitrogen and oxygen atoms in total. The van der Waals surface area contributed by atoms with Crippen molar-refractivity contribution in [3.63, 3.8) is 0 Å². The van der Waals surface area contributed by atoms with Crippen molar-refractivity contribution < 1.29 is 18.3 Å². The zero-order valence-corrected chi connectivity index (χ0v) is 10.7. The van der Waals surface area contributed by atoms with Crippen molar-refractivity contribution in [3.05, 3.63) is 34.7 Å². The molecule has 0 fully saturated rings. The number of esters is 1. The maximum atomic E-state index is 13.7. The van der Waals surface area contributed by atoms with Crippen LogP contribution in [0.4, 0.5) is 10.3 Å². The number of oxazole rings is 1. The lowest BCUT2D eigenvalue weighted by Gasteiger charge is -2.00. The average Bonchev–Trinajstić information content (AvgIpc) is 2.71. The second kappa shape index (κ2) is 5.27. The molecule has 0 spiro atoms. The van der Waals surface area contributed by atoms with Crippen LogP contribution in [0.2, 0.25) is 5.02 Å². The van der Waals surface area contributed by atoms with Crippen molar-refractivity contribution in [1.82, 2.24) is 4.98 Å². The van der Waals surface area contributed by atoms with Crippen LogP contribution in [-0.4, -0.2) is 17.6 Å². The number of nitrogens with zero attached hydrogens (tertiary/aromatic N) is 1. The average molecular weight is 285 g/mol. The maximum Gasteiger partial charge on any atom is 0.362 e. The van der Waals surface area contributed by atoms with Gasteiger partial charge in [0, 0.05) is 0 Å². The minimum atomic E-state index is -0.734. The monoisotopic (exact) mass is 284 g/mol. The van der Waals surface area contributed by atoms with E-state index in [1.54, 1.807) is 6.92 Å². The summed E-state index contributed by atoms with van der Waals surface area (Å²) in [6.07, 6.45) is 0. The molecule has 2 rings (SSSR count). The fourth-order valence-corrected chi connectivity index (χ4v) is 1.73. The molecule has 1 aromatic heterocycles. The van der Waals surface area contributed by atoms with E-state index in [0.29, 0.717) is 0 Å². The Kier molecular flexibility index (Phi) is 3.71. The van der Waals surface area contributed by atoms with Gasteiger partial charge in [0.05, 0.1) is 17.2 Å². The topological polar surface area (TPSA) is 78.3 Å². The highest BCUT2D eigenvalue weighted by atomic mass is 35.5. The van der Waals surface area contributed by atoms with E-state index in [-0.39, 0.29) is 34.7 Å². The number of carbonyl (C=O) groups is 1. The maximum absolute atomic E-state index is 13.7. The molecule has 1 heterocycles. The number of rotatable bonds is 3. The second-order valence-electron chi connectivity index (χ2n) is 3.55. The lowest BCUT2D eigenvalue weighted by molar-refractivity contribution is 0.0521. The molecule has 2 aromatic rings. The van der Waals surface area contributed by atoms with E-state index < -0.39 is 11.8 Å². The number of nitrogens with two attached hydrogens (primary N) is 1. The molecule has 0 saturated heterocycles. The molecule has 0 aliphatic heterocycles. The Bertz CT molecular complexity index is 607. The van der Waals surface area contributed by atoms with E-state index in [1.807, 2.05) is 0 Å². The third-order valence-electron chi connectivity index (χ3n) is 2.30. The van der Waals surface area contributed by atoms with Crippen molar-refractivity contribution in [2.24, 2.45) is 0 Å². The van der Waals surface area contributed by atoms with Gasteiger partial charge in [0.25, 0.3) is 0 Å². The van der Waals surface area contributed by atoms with Crippen LogP contribution in [0.25, 0.3) is 11.5 Å². The van der Waals surface area contributed by atoms with Crippen molar-refractivity contribution in [2.45, 2.75) is 6.92 Å². The van der Waals surface area contributed by atoms with E-state index in [0.717, 1.165) is 0 Å². The molecule has 1 aromatic carbocycles. The molecule has 0 radical (unpaired) electrons. The molecular weight excluding hydrogens is 275 g/mol. The molecular formula is C12H10ClFN2O3. The van der Waals surface area contributed by atoms with Gasteiger partial charge in [0.2, 0.25) is 17.5 Å². The molecule has 0 aliphatic carbocycles. The summed E-state index contributed by atoms with van der Waals surface area (Å²) in [5.41, 5.74) is 5.27. The van der Waals surface area contributed by atoms with Crippen LogP contribution in [0.5, 0.6) is 0 Å². The molecule has 0 amide bonds. The number of benzene rings is 1. The fraction of sp³-hybridized carbons (Fsp3) is 0.167. The third-order valence-corrected chi connectivity index (χ3v) is 2.61. The van der Waals surface area contributed by atoms with Crippen molar-refractivity contribution in [3.8, 4) is 11.5 Å². The summed E-state index contributed by atoms with van der Waals surface area (Å²) < 4.78 is 23.5. The first-order valence-corrected chi connectivity index (χ1v) is 5.80. The van der Waals surface area contributed by atoms with E-state index in [9.17, 15) is 9.18 Å². The lowest BCUT2D eigenvalue weighted by Crippen LogP contribution is -2.07. The van der Waals surface area contributed by atoms with Gasteiger partial charge in [-0.2, -0.15) is 4.98 Å². The Labute approximate surface area is 113 Å². The molecule has 7 heteroatoms. The van der Waals surface area contributed by atoms with Crippen LogP contribution in [0, 0.1) is 5.82 Å². The largest absolute Gasteiger partial charge is 0.461 e. The summed E-state index contributed by atoms with van der Waals surface area (Å²) >= 11 is 5.87. The number of carbonyl (C=O) groups excluding carboxylic acids is 1. The van der Waals surface area contributed by atoms with Crippen LogP contribution in [0.3, 0.4) is 0 Å². The molecule has 0 aliphatic rings. The number of halogens is 2. The Morgan fingerprint density at radius 3 is 2.95 bits per heavy atom. The Hall–Kier alpha value is -2.08. The second-order valence-corrected chi connectivity index (χ2v) is 3.96. The molecule has 0 saturated carbocycles. The summed E-state index contributed by atoms with van der Waals surface area (Å²) in [6.45, 7) is 1.81. The highest BCUT2D eigenvalue weighted by Gasteiger charge is 2.23. The molecule has 0 unspecified atom stereocenters. The minimum Gasteiger partial charge on any atom is -0.461 e. The van der Waals surface area contributed by atoms with Crippen molar-refractivity contribution >= 4 is 23.5 Å². The summed E-state index contributed by atoms with van der Waals surface area (Å²) in [6, 6.07) is 4.12. The quantitative estimate of drug-likeness (QED) is 0.877. The van der Waals surface area contributed by atoms with Crippen LogP contribution < -0.4 is 5.73 Å². The number of hydrogen-bond donors (Lipinski definition) is 1. The van der Waals surface area contributed by atoms with Gasteiger partial charge in [-0.25, -0.2) is 9.18 Å². The van der Waals surface area contributed by atoms with Gasteiger partial charge < -0.3 is 14.9 Å². The van der Waals surface area contributed by atoms with Gasteiger partial charge in [-0.15, -0.1) is 0 Å². The van der Waals surface area contributed by atoms with Crippen LogP contribution in [0.1, 0.15) is 17.4 Å². The predicted molar refractivity (Wildman–Crippen MR) is 67.3 cm³/mol. The standard InChI is InChI=1S/C12H10ClFN2O3/c1-2-18-12(17)9-10(15)19-11(16-9)8-6(13)4-3-5-7(8)14/h3-5H,2,15H2,1H3. The molecule has 100 valence electrons. The highest BCUT2D eigenvalue weighted by molar-refractivity contribution is 6.33. The Morgan fingerprint density at radius 1 is 1.58 bits per heavy atom. The van der Waals surface area contributed by atoms with Crippen molar-refractivity contribution in [2.75, 3.05) is 12.3 Å². The zero-order chi connectivity index (χ0) is 14.0. The predicted octanol–water partition coefficient (Wildman–Crippen LogP) is 2.89. The minimum absolute atomic E-state index is 0.0496. The number of anilines is 1. The van der Waals surface area contributed by atoms with E-state index in [4.69, 9.17) is 26.5 Å². The fourth-order valence-electron chi connectivity index (χ4n) is 1.49. The van der Waals surface area contributed by atoms with Crippen LogP contribution >= 0.6 is 11.6 Å². The summed E-state index contributed by atoms with van der Waals surface area (Å²) in [5.74, 6) is -1.76. The van der Waals surface area contributed by atoms with Gasteiger partial charge in [0.1, 0.15) is 5.82 Å². The number of ether oxygens (including phenoxy) is 1. The smallest absolute Gasteiger partial charge is 0.362 e. The van der Waals surface area contributed by atoms with Gasteiger partial charge in [-0.05, 0) is 19.1 Å². The van der Waals surface area contributed by atoms with E-state index in [2.05, 4.69) is 4.98 Å². The highest BCUT2D eigenvalue weighted by Crippen LogP contribution is 2.32. The van der Waals surface area contributed by atoms with E-state index >= 15 is 0 Å². The van der Waals surface area contributed by atoms with Crippen LogP contribution in [0.15, 0.2) is 22.6 Å². The molecule has 0 bridgehead atoms. The number of hydrogen-bond acceptors (Lipinski definition) is 5. The zero-order valence-electron chi connectivity index (χ0n) is 9.94. The first-order valence-electron chi connectivity index (χ1n) is 5.42. The lowest BCUT2D eigenvalue weighted by atomic mass is 10.2. The first kappa shape index (κ1) is 13.4. The number of aromatic nitrogens is 1. The number of nitrogen functional groups attached to an aromatic ring is 1. The molecule has 19 heavy (non-hydrogen) atoms. The van der Waals surface area contributed by atoms with Gasteiger partial charge in [-0.1, -0.05) is 17.7 Å². The van der Waals surface area contributed by atoms with Crippen LogP contribution in [-0.2, 0) is 4.74 Å². The molecule has 2 N–H and O–H groups in total. The first-order chi connectivity index (χ1) is 9.04. The normalized spacial score (nSPS) is 10.5. The summed E-state index contributed by atoms with van der Waals surface area (Å²) in [7, 11) is 0. The van der Waals surface area contributed by atoms with E-state index in [1.165, 1.54) is 18.2 Å². The van der Waals surface area contributed by atoms with Gasteiger partial charge >= 0.3 is 5.97 Å².